The van der Waals surface area contributed by atoms with Gasteiger partial charge in [0.1, 0.15) is 0 Å². The van der Waals surface area contributed by atoms with Gasteiger partial charge >= 0.3 is 0 Å². The smallest absolute Gasteiger partial charge is 0.0696 e. The predicted octanol–water partition coefficient (Wildman–Crippen LogP) is 3.22. The van der Waals surface area contributed by atoms with E-state index in [0.29, 0.717) is 11.8 Å². The van der Waals surface area contributed by atoms with Crippen molar-refractivity contribution >= 4 is 0 Å². The van der Waals surface area contributed by atoms with Crippen molar-refractivity contribution in [3.8, 4) is 0 Å². The maximum atomic E-state index is 10.5. The molecule has 0 aliphatic heterocycles. The first kappa shape index (κ1) is 11.0. The Labute approximate surface area is 82.5 Å². The molecule has 1 fully saturated rings. The first-order chi connectivity index (χ1) is 5.97. The van der Waals surface area contributed by atoms with Crippen molar-refractivity contribution in [2.75, 3.05) is 0 Å². The molecule has 0 amide bonds. The summed E-state index contributed by atoms with van der Waals surface area (Å²) in [6, 6.07) is 0. The van der Waals surface area contributed by atoms with Gasteiger partial charge in [0.25, 0.3) is 0 Å². The zero-order valence-electron chi connectivity index (χ0n) is 9.51. The molecule has 78 valence electrons. The fraction of sp³-hybridized carbons (Fsp3) is 1.00. The average Bonchev–Trinajstić information content (AvgIpc) is 2.19. The lowest BCUT2D eigenvalue weighted by Gasteiger charge is -2.36. The van der Waals surface area contributed by atoms with Gasteiger partial charge in [-0.1, -0.05) is 34.1 Å². The Morgan fingerprint density at radius 1 is 1.15 bits per heavy atom. The molecule has 1 nitrogen and oxygen atoms in total. The molecule has 1 rings (SSSR count). The summed E-state index contributed by atoms with van der Waals surface area (Å²) in [5, 5.41) is 10.5. The van der Waals surface area contributed by atoms with Gasteiger partial charge in [-0.05, 0) is 37.0 Å². The van der Waals surface area contributed by atoms with Crippen LogP contribution in [0.1, 0.15) is 53.4 Å². The van der Waals surface area contributed by atoms with Gasteiger partial charge in [-0.25, -0.2) is 0 Å². The highest BCUT2D eigenvalue weighted by Crippen LogP contribution is 2.39. The summed E-state index contributed by atoms with van der Waals surface area (Å²) >= 11 is 0. The molecule has 1 N–H and O–H groups in total. The standard InChI is InChI=1S/C12H24O/c1-9(2)12(13)8-7-10(3)5-6-11(12)4/h9-11,13H,5-8H2,1-4H3. The lowest BCUT2D eigenvalue weighted by Crippen LogP contribution is -2.40. The van der Waals surface area contributed by atoms with Gasteiger partial charge in [-0.2, -0.15) is 0 Å². The van der Waals surface area contributed by atoms with Gasteiger partial charge in [0.2, 0.25) is 0 Å². The van der Waals surface area contributed by atoms with E-state index in [-0.39, 0.29) is 0 Å². The lowest BCUT2D eigenvalue weighted by molar-refractivity contribution is -0.0582. The monoisotopic (exact) mass is 184 g/mol. The molecule has 1 aliphatic rings. The zero-order chi connectivity index (χ0) is 10.1. The van der Waals surface area contributed by atoms with Crippen molar-refractivity contribution in [2.45, 2.75) is 59.0 Å². The Bertz CT molecular complexity index is 165. The molecule has 0 aromatic heterocycles. The third-order valence-corrected chi connectivity index (χ3v) is 3.98. The Balaban J connectivity index is 2.71. The second kappa shape index (κ2) is 4.00. The Kier molecular flexibility index (Phi) is 3.39. The van der Waals surface area contributed by atoms with Crippen molar-refractivity contribution in [1.29, 1.82) is 0 Å². The van der Waals surface area contributed by atoms with E-state index in [1.54, 1.807) is 0 Å². The number of aliphatic hydroxyl groups is 1. The lowest BCUT2D eigenvalue weighted by atomic mass is 9.76. The van der Waals surface area contributed by atoms with E-state index in [9.17, 15) is 5.11 Å². The molecule has 1 heteroatoms. The van der Waals surface area contributed by atoms with Gasteiger partial charge in [0.15, 0.2) is 0 Å². The molecule has 0 bridgehead atoms. The van der Waals surface area contributed by atoms with Crippen molar-refractivity contribution in [3.63, 3.8) is 0 Å². The summed E-state index contributed by atoms with van der Waals surface area (Å²) in [6.07, 6.45) is 4.66. The van der Waals surface area contributed by atoms with Crippen LogP contribution in [-0.2, 0) is 0 Å². The van der Waals surface area contributed by atoms with Crippen LogP contribution in [0.15, 0.2) is 0 Å². The van der Waals surface area contributed by atoms with Crippen LogP contribution in [-0.4, -0.2) is 10.7 Å². The summed E-state index contributed by atoms with van der Waals surface area (Å²) in [5.74, 6) is 1.67. The molecule has 0 spiro atoms. The second-order valence-electron chi connectivity index (χ2n) is 5.27. The van der Waals surface area contributed by atoms with E-state index in [1.165, 1.54) is 19.3 Å². The molecule has 1 aliphatic carbocycles. The molecule has 1 saturated carbocycles. The fourth-order valence-corrected chi connectivity index (χ4v) is 2.51. The van der Waals surface area contributed by atoms with E-state index in [2.05, 4.69) is 27.7 Å². The van der Waals surface area contributed by atoms with E-state index < -0.39 is 5.60 Å². The quantitative estimate of drug-likeness (QED) is 0.620. The number of hydrogen-bond donors (Lipinski definition) is 1. The third kappa shape index (κ3) is 2.25. The van der Waals surface area contributed by atoms with Gasteiger partial charge in [0, 0.05) is 0 Å². The maximum Gasteiger partial charge on any atom is 0.0696 e. The Hall–Kier alpha value is -0.0400. The van der Waals surface area contributed by atoms with Gasteiger partial charge < -0.3 is 5.11 Å². The minimum Gasteiger partial charge on any atom is -0.389 e. The molecule has 0 heterocycles. The van der Waals surface area contributed by atoms with Crippen LogP contribution in [0.25, 0.3) is 0 Å². The van der Waals surface area contributed by atoms with E-state index in [0.717, 1.165) is 12.3 Å². The van der Waals surface area contributed by atoms with Gasteiger partial charge in [-0.15, -0.1) is 0 Å². The van der Waals surface area contributed by atoms with Crippen LogP contribution in [0.5, 0.6) is 0 Å². The molecule has 0 aromatic carbocycles. The van der Waals surface area contributed by atoms with Crippen molar-refractivity contribution in [2.24, 2.45) is 17.8 Å². The largest absolute Gasteiger partial charge is 0.389 e. The van der Waals surface area contributed by atoms with E-state index >= 15 is 0 Å². The van der Waals surface area contributed by atoms with E-state index in [1.807, 2.05) is 0 Å². The van der Waals surface area contributed by atoms with Crippen molar-refractivity contribution < 1.29 is 5.11 Å². The number of rotatable bonds is 1. The van der Waals surface area contributed by atoms with Crippen LogP contribution in [0.4, 0.5) is 0 Å². The Morgan fingerprint density at radius 3 is 2.31 bits per heavy atom. The molecule has 3 unspecified atom stereocenters. The zero-order valence-corrected chi connectivity index (χ0v) is 9.51. The summed E-state index contributed by atoms with van der Waals surface area (Å²) in [7, 11) is 0. The first-order valence-electron chi connectivity index (χ1n) is 5.69. The van der Waals surface area contributed by atoms with Crippen molar-refractivity contribution in [3.05, 3.63) is 0 Å². The third-order valence-electron chi connectivity index (χ3n) is 3.98. The highest BCUT2D eigenvalue weighted by molar-refractivity contribution is 4.89. The normalized spacial score (nSPS) is 42.0. The van der Waals surface area contributed by atoms with Crippen LogP contribution >= 0.6 is 0 Å². The molecule has 0 aromatic rings. The van der Waals surface area contributed by atoms with Crippen molar-refractivity contribution in [1.82, 2.24) is 0 Å². The minimum absolute atomic E-state index is 0.396. The predicted molar refractivity (Wildman–Crippen MR) is 56.6 cm³/mol. The summed E-state index contributed by atoms with van der Waals surface area (Å²) in [5.41, 5.74) is -0.398. The molecule has 0 radical (unpaired) electrons. The van der Waals surface area contributed by atoms with E-state index in [4.69, 9.17) is 0 Å². The highest BCUT2D eigenvalue weighted by atomic mass is 16.3. The molecule has 13 heavy (non-hydrogen) atoms. The maximum absolute atomic E-state index is 10.5. The minimum atomic E-state index is -0.398. The summed E-state index contributed by atoms with van der Waals surface area (Å²) < 4.78 is 0. The SMILES string of the molecule is CC1CCC(C)C(O)(C(C)C)CC1. The first-order valence-corrected chi connectivity index (χ1v) is 5.69. The Morgan fingerprint density at radius 2 is 1.77 bits per heavy atom. The average molecular weight is 184 g/mol. The second-order valence-corrected chi connectivity index (χ2v) is 5.27. The molecule has 3 atom stereocenters. The van der Waals surface area contributed by atoms with Crippen LogP contribution in [0, 0.1) is 17.8 Å². The molecule has 0 saturated heterocycles. The topological polar surface area (TPSA) is 20.2 Å². The summed E-state index contributed by atoms with van der Waals surface area (Å²) in [6.45, 7) is 8.80. The van der Waals surface area contributed by atoms with Crippen LogP contribution < -0.4 is 0 Å². The number of hydrogen-bond acceptors (Lipinski definition) is 1. The van der Waals surface area contributed by atoms with Crippen LogP contribution in [0.3, 0.4) is 0 Å². The van der Waals surface area contributed by atoms with Gasteiger partial charge in [0.05, 0.1) is 5.60 Å². The fourth-order valence-electron chi connectivity index (χ4n) is 2.51. The van der Waals surface area contributed by atoms with Crippen LogP contribution in [0.2, 0.25) is 0 Å². The van der Waals surface area contributed by atoms with Gasteiger partial charge in [-0.3, -0.25) is 0 Å². The molecular formula is C12H24O. The summed E-state index contributed by atoms with van der Waals surface area (Å²) in [4.78, 5) is 0. The molecular weight excluding hydrogens is 160 g/mol. The highest BCUT2D eigenvalue weighted by Gasteiger charge is 2.38.